The Kier molecular flexibility index (Phi) is 61.7. The molecule has 0 spiro atoms. The van der Waals surface area contributed by atoms with Crippen molar-refractivity contribution in [1.82, 2.24) is 14.7 Å². The summed E-state index contributed by atoms with van der Waals surface area (Å²) in [7, 11) is 0. The van der Waals surface area contributed by atoms with Gasteiger partial charge in [-0.3, -0.25) is 53.1 Å². The third-order valence-corrected chi connectivity index (χ3v) is 17.1. The fraction of sp³-hybridized carbons (Fsp3) is 0.710. The van der Waals surface area contributed by atoms with Gasteiger partial charge in [-0.2, -0.15) is 0 Å². The number of aliphatic carboxylic acids is 6. The number of benzene rings is 1. The molecule has 0 aromatic heterocycles. The van der Waals surface area contributed by atoms with Crippen LogP contribution in [0.3, 0.4) is 0 Å². The maximum atomic E-state index is 11.9. The molecule has 5 amide bonds. The minimum absolute atomic E-state index is 0.0110. The molecule has 58 heteroatoms. The van der Waals surface area contributed by atoms with Gasteiger partial charge in [-0.05, 0) is 128 Å². The van der Waals surface area contributed by atoms with Gasteiger partial charge in [0.1, 0.15) is 49.3 Å². The predicted molar refractivity (Wildman–Crippen MR) is 411 cm³/mol. The second-order valence-corrected chi connectivity index (χ2v) is 27.0. The fourth-order valence-corrected chi connectivity index (χ4v) is 11.1. The van der Waals surface area contributed by atoms with E-state index in [0.717, 1.165) is 36.1 Å². The predicted octanol–water partition coefficient (Wildman–Crippen LogP) is 3.96. The second-order valence-electron chi connectivity index (χ2n) is 27.0. The van der Waals surface area contributed by atoms with Crippen molar-refractivity contribution in [3.8, 4) is 0 Å². The van der Waals surface area contributed by atoms with Crippen LogP contribution in [0.5, 0.6) is 0 Å². The van der Waals surface area contributed by atoms with Crippen molar-refractivity contribution in [3.63, 3.8) is 0 Å². The molecule has 1 aromatic rings. The van der Waals surface area contributed by atoms with E-state index < -0.39 is 200 Å². The number of ketones is 1. The molecule has 3 aliphatic heterocycles. The summed E-state index contributed by atoms with van der Waals surface area (Å²) in [6.07, 6.45) is 3.43. The van der Waals surface area contributed by atoms with Gasteiger partial charge in [0.05, 0.1) is 83.5 Å². The molecule has 3 saturated heterocycles. The van der Waals surface area contributed by atoms with Crippen molar-refractivity contribution < 1.29 is 191 Å². The Morgan fingerprint density at radius 3 is 1.01 bits per heavy atom. The highest BCUT2D eigenvalue weighted by Gasteiger charge is 2.38. The minimum Gasteiger partial charge on any atom is -0.481 e. The summed E-state index contributed by atoms with van der Waals surface area (Å²) >= 11 is 0. The lowest BCUT2D eigenvalue weighted by molar-refractivity contribution is -0.790. The number of hydrogen-bond acceptors (Lipinski definition) is 40. The van der Waals surface area contributed by atoms with Gasteiger partial charge in [0.15, 0.2) is 0 Å². The molecule has 0 bridgehead atoms. The van der Waals surface area contributed by atoms with E-state index in [1.165, 1.54) is 9.80 Å². The average molecular weight is 1840 g/mol. The average Bonchev–Trinajstić information content (AvgIpc) is 1.73. The van der Waals surface area contributed by atoms with Gasteiger partial charge in [0.2, 0.25) is 11.8 Å². The summed E-state index contributed by atoms with van der Waals surface area (Å²) in [6, 6.07) is 6.51. The van der Waals surface area contributed by atoms with E-state index in [0.29, 0.717) is 110 Å². The van der Waals surface area contributed by atoms with Crippen molar-refractivity contribution in [3.05, 3.63) is 107 Å². The van der Waals surface area contributed by atoms with Crippen LogP contribution in [0.15, 0.2) is 30.3 Å². The molecule has 127 heavy (non-hydrogen) atoms. The van der Waals surface area contributed by atoms with Crippen LogP contribution in [0.25, 0.3) is 0 Å². The largest absolute Gasteiger partial charge is 0.481 e. The van der Waals surface area contributed by atoms with E-state index in [-0.39, 0.29) is 91.2 Å². The summed E-state index contributed by atoms with van der Waals surface area (Å²) in [4.78, 5) is 259. The van der Waals surface area contributed by atoms with Gasteiger partial charge in [-0.25, -0.2) is 28.8 Å². The highest BCUT2D eigenvalue weighted by atomic mass is 17.0. The number of likely N-dealkylation sites (tertiary alicyclic amines) is 3. The third kappa shape index (κ3) is 60.9. The summed E-state index contributed by atoms with van der Waals surface area (Å²) in [5.74, 6) is -13.5. The van der Waals surface area contributed by atoms with Crippen LogP contribution in [-0.4, -0.2) is 281 Å². The number of rotatable bonds is 59. The van der Waals surface area contributed by atoms with Crippen molar-refractivity contribution in [2.24, 2.45) is 29.2 Å². The lowest BCUT2D eigenvalue weighted by Gasteiger charge is -2.20. The minimum atomic E-state index is -1.31. The standard InChI is InChI=1S/C17H22N2O10.C12H19N3O10.C11H19NO4.C10H16N2O8.C10H16N2O7.C9H14N2O7/c20-16(11-14(17(21)22)10-13-6-2-1-3-7-13)27-9-5-4-8-15(29-19(25)26)12-28-18(23)24;16-11(17)10-5-3-6-13(10)12(18)23-7-2-1-4-9(25-15(21)22)8-24-14(19)20;1-2-3-4-8-16-11(15)12-7-5-6-9(12)10(13)14;11-8(13)5-7(10(15)16)6-9(14)19-3-1-2-4-20-12(17)18;13-9(14)8-4-3-5-11(8)10(15)18-6-1-2-7-19-12(16)17;10-8(13)5-6(9(14)15)4-7(12)2-1-3-18-11(16)17/h1-3,6-7,14-15H,4-5,8-12H2,(H,21,22);9-10H,1-8H2,(H,16,17);9H,2-8H2,1H3,(H,13,14);7H,1-6H2,(H2,11,13)(H,15,16);8H,1-7H2,(H,13,14);6H,1-5H2,(H2,10,13)(H,14,15). The molecule has 58 nitrogen and oxygen atoms in total. The first kappa shape index (κ1) is 115. The lowest BCUT2D eigenvalue weighted by Crippen LogP contribution is -2.40. The van der Waals surface area contributed by atoms with E-state index in [4.69, 9.17) is 60.7 Å². The number of primary amides is 2. The fourth-order valence-electron chi connectivity index (χ4n) is 11.1. The van der Waals surface area contributed by atoms with E-state index >= 15 is 0 Å². The zero-order chi connectivity index (χ0) is 96.4. The molecule has 1 aromatic carbocycles. The summed E-state index contributed by atoms with van der Waals surface area (Å²) in [5.41, 5.74) is 10.5. The molecular formula is C69H106N12O46. The summed E-state index contributed by atoms with van der Waals surface area (Å²) < 4.78 is 24.7. The van der Waals surface area contributed by atoms with Gasteiger partial charge in [-0.1, -0.05) is 50.1 Å². The quantitative estimate of drug-likeness (QED) is 0.0150. The van der Waals surface area contributed by atoms with Crippen LogP contribution in [0, 0.1) is 88.6 Å². The van der Waals surface area contributed by atoms with Crippen LogP contribution in [0.1, 0.15) is 179 Å². The van der Waals surface area contributed by atoms with Crippen LogP contribution in [0.4, 0.5) is 14.4 Å². The first-order valence-corrected chi connectivity index (χ1v) is 39.0. The normalized spacial score (nSPS) is 14.9. The maximum Gasteiger partial charge on any atom is 0.410 e. The van der Waals surface area contributed by atoms with Gasteiger partial charge in [-0.15, -0.1) is 70.8 Å². The van der Waals surface area contributed by atoms with E-state index in [1.54, 1.807) is 30.3 Å². The molecule has 3 aliphatic rings. The highest BCUT2D eigenvalue weighted by molar-refractivity contribution is 5.88. The monoisotopic (exact) mass is 1840 g/mol. The Morgan fingerprint density at radius 2 is 0.693 bits per heavy atom. The second kappa shape index (κ2) is 68.3. The van der Waals surface area contributed by atoms with Crippen molar-refractivity contribution in [2.45, 2.75) is 211 Å². The van der Waals surface area contributed by atoms with Crippen molar-refractivity contribution >= 4 is 83.6 Å². The summed E-state index contributed by atoms with van der Waals surface area (Å²) in [6.45, 7) is 2.12. The number of amides is 5. The number of Topliss-reactive ketones (excluding diaryl/α,β-unsaturated/α-hetero) is 1. The molecule has 0 aliphatic carbocycles. The van der Waals surface area contributed by atoms with E-state index in [1.807, 2.05) is 0 Å². The van der Waals surface area contributed by atoms with E-state index in [9.17, 15) is 143 Å². The first-order chi connectivity index (χ1) is 59.9. The van der Waals surface area contributed by atoms with Crippen LogP contribution < -0.4 is 11.5 Å². The number of carboxylic acids is 6. The van der Waals surface area contributed by atoms with E-state index in [2.05, 4.69) is 40.8 Å². The topological polar surface area (TPSA) is 835 Å². The number of carboxylic acid groups (broad SMARTS) is 6. The number of unbranched alkanes of at least 4 members (excludes halogenated alkanes) is 6. The molecular weight excluding hydrogens is 1730 g/mol. The number of nitrogens with zero attached hydrogens (tertiary/aromatic N) is 10. The Hall–Kier alpha value is -14.2. The number of ether oxygens (including phenoxy) is 5. The molecule has 3 heterocycles. The maximum absolute atomic E-state index is 11.9. The molecule has 8 atom stereocenters. The molecule has 3 fully saturated rings. The Bertz CT molecular complexity index is 3660. The highest BCUT2D eigenvalue weighted by Crippen LogP contribution is 2.23. The van der Waals surface area contributed by atoms with Crippen LogP contribution in [0.2, 0.25) is 0 Å². The number of hydrogen-bond donors (Lipinski definition) is 8. The zero-order valence-electron chi connectivity index (χ0n) is 68.9. The summed E-state index contributed by atoms with van der Waals surface area (Å²) in [5, 5.41) is 117. The van der Waals surface area contributed by atoms with Gasteiger partial charge >= 0.3 is 66.0 Å². The van der Waals surface area contributed by atoms with Crippen molar-refractivity contribution in [1.29, 1.82) is 0 Å². The Morgan fingerprint density at radius 1 is 0.386 bits per heavy atom. The molecule has 0 radical (unpaired) electrons. The molecule has 8 unspecified atom stereocenters. The van der Waals surface area contributed by atoms with Crippen LogP contribution >= 0.6 is 0 Å². The Labute approximate surface area is 719 Å². The molecule has 718 valence electrons. The Balaban J connectivity index is 0. The SMILES string of the molecule is CCCCCOC(=O)N1CCCC1C(=O)O.NC(=O)CC(CC(=O)CCCO[N+](=O)[O-])C(=O)O.NC(=O)CC(CC(=O)OCCCCO[N+](=O)[O-])C(=O)O.O=C(CC(Cc1ccccc1)C(=O)O)OCCCCC(CO[N+](=O)[O-])O[N+](=O)[O-].O=C(O)C1CCCN1C(=O)OCCCCC(CO[N+](=O)[O-])O[N+](=O)[O-].O=C(O)C1CCCN1C(=O)OCCCCO[N+](=O)[O-]. The van der Waals surface area contributed by atoms with Gasteiger partial charge in [0, 0.05) is 45.3 Å². The number of carbonyl (C=O) groups is 14. The third-order valence-electron chi connectivity index (χ3n) is 17.1. The first-order valence-electron chi connectivity index (χ1n) is 39.0. The van der Waals surface area contributed by atoms with Gasteiger partial charge in [0.25, 0.3) is 35.6 Å². The van der Waals surface area contributed by atoms with Crippen LogP contribution in [-0.2, 0) is 117 Å². The molecule has 4 rings (SSSR count). The molecule has 10 N–H and O–H groups in total. The number of carbonyl (C=O) groups excluding carboxylic acids is 8. The smallest absolute Gasteiger partial charge is 0.410 e. The zero-order valence-corrected chi connectivity index (χ0v) is 68.9. The van der Waals surface area contributed by atoms with Gasteiger partial charge < -0.3 is 99.7 Å². The lowest BCUT2D eigenvalue weighted by atomic mass is 9.96. The number of esters is 2. The molecule has 0 saturated carbocycles. The number of nitrogens with two attached hydrogens (primary N) is 2. The van der Waals surface area contributed by atoms with Crippen molar-refractivity contribution in [2.75, 3.05) is 85.7 Å².